The molecular formula is C23H28N4O2. The number of hydrogen-bond donors (Lipinski definition) is 2. The number of nitrogens with one attached hydrogen (secondary N) is 2. The average Bonchev–Trinajstić information content (AvgIpc) is 3.20. The molecule has 29 heavy (non-hydrogen) atoms. The maximum atomic E-state index is 13.5. The number of amides is 2. The summed E-state index contributed by atoms with van der Waals surface area (Å²) < 4.78 is 5.38. The number of urea groups is 1. The summed E-state index contributed by atoms with van der Waals surface area (Å²) in [4.78, 5) is 17.5. The topological polar surface area (TPSA) is 56.8 Å². The first kappa shape index (κ1) is 18.5. The van der Waals surface area contributed by atoms with Crippen LogP contribution in [0.25, 0.3) is 0 Å². The Balaban J connectivity index is 1.39. The minimum atomic E-state index is -0.0302. The molecule has 2 saturated heterocycles. The van der Waals surface area contributed by atoms with E-state index in [1.807, 2.05) is 23.1 Å². The highest BCUT2D eigenvalue weighted by Crippen LogP contribution is 2.51. The maximum Gasteiger partial charge on any atom is 0.325 e. The van der Waals surface area contributed by atoms with E-state index in [0.29, 0.717) is 5.92 Å². The Bertz CT molecular complexity index is 903. The van der Waals surface area contributed by atoms with Gasteiger partial charge in [-0.15, -0.1) is 0 Å². The molecule has 0 bridgehead atoms. The second-order valence-corrected chi connectivity index (χ2v) is 8.47. The molecule has 1 saturated carbocycles. The van der Waals surface area contributed by atoms with Crippen LogP contribution in [0.2, 0.25) is 0 Å². The van der Waals surface area contributed by atoms with Crippen molar-refractivity contribution in [2.75, 3.05) is 31.6 Å². The molecule has 3 aliphatic rings. The Kier molecular flexibility index (Phi) is 4.48. The van der Waals surface area contributed by atoms with Gasteiger partial charge >= 0.3 is 6.03 Å². The van der Waals surface area contributed by atoms with Crippen LogP contribution in [-0.4, -0.2) is 43.2 Å². The number of carbonyl (C=O) groups is 1. The molecule has 2 heterocycles. The monoisotopic (exact) mass is 392 g/mol. The lowest BCUT2D eigenvalue weighted by molar-refractivity contribution is 0.175. The predicted molar refractivity (Wildman–Crippen MR) is 113 cm³/mol. The zero-order valence-electron chi connectivity index (χ0n) is 17.0. The smallest absolute Gasteiger partial charge is 0.325 e. The fourth-order valence-electron chi connectivity index (χ4n) is 4.77. The zero-order chi connectivity index (χ0) is 20.0. The summed E-state index contributed by atoms with van der Waals surface area (Å²) in [6.07, 6.45) is 2.14. The van der Waals surface area contributed by atoms with Gasteiger partial charge in [0, 0.05) is 24.7 Å². The highest BCUT2D eigenvalue weighted by Gasteiger charge is 2.59. The number of methoxy groups -OCH3 is 1. The molecule has 1 aliphatic carbocycles. The number of nitrogens with zero attached hydrogens (tertiary/aromatic N) is 2. The number of rotatable bonds is 5. The Morgan fingerprint density at radius 1 is 1.10 bits per heavy atom. The fraction of sp³-hybridized carbons (Fsp3) is 0.435. The van der Waals surface area contributed by atoms with Crippen molar-refractivity contribution in [1.29, 1.82) is 0 Å². The molecule has 1 spiro atoms. The molecule has 0 aromatic heterocycles. The van der Waals surface area contributed by atoms with Gasteiger partial charge in [-0.3, -0.25) is 15.8 Å². The summed E-state index contributed by atoms with van der Waals surface area (Å²) in [7, 11) is 1.68. The largest absolute Gasteiger partial charge is 0.497 e. The molecule has 3 fully saturated rings. The highest BCUT2D eigenvalue weighted by atomic mass is 16.5. The summed E-state index contributed by atoms with van der Waals surface area (Å²) >= 11 is 0. The Morgan fingerprint density at radius 2 is 1.83 bits per heavy atom. The van der Waals surface area contributed by atoms with Gasteiger partial charge in [-0.2, -0.15) is 0 Å². The Labute approximate surface area is 171 Å². The molecule has 0 unspecified atom stereocenters. The van der Waals surface area contributed by atoms with E-state index in [1.54, 1.807) is 7.11 Å². The van der Waals surface area contributed by atoms with E-state index < -0.39 is 0 Å². The summed E-state index contributed by atoms with van der Waals surface area (Å²) in [5, 5.41) is 0. The summed E-state index contributed by atoms with van der Waals surface area (Å²) in [6, 6.07) is 16.7. The van der Waals surface area contributed by atoms with Crippen molar-refractivity contribution >= 4 is 11.7 Å². The van der Waals surface area contributed by atoms with Crippen LogP contribution in [0.4, 0.5) is 10.5 Å². The van der Waals surface area contributed by atoms with Crippen LogP contribution in [0.15, 0.2) is 48.5 Å². The molecule has 2 N–H and O–H groups in total. The SMILES string of the molecule is COc1cccc([C@H](C)N2C(=O)N(c3ccc(C4CNNC4)cc3)CC23CC3)c1. The average molecular weight is 393 g/mol. The summed E-state index contributed by atoms with van der Waals surface area (Å²) in [6.45, 7) is 4.78. The van der Waals surface area contributed by atoms with Gasteiger partial charge in [0.2, 0.25) is 0 Å². The Morgan fingerprint density at radius 3 is 2.48 bits per heavy atom. The van der Waals surface area contributed by atoms with Gasteiger partial charge in [-0.1, -0.05) is 24.3 Å². The number of anilines is 1. The molecule has 152 valence electrons. The lowest BCUT2D eigenvalue weighted by atomic mass is 10.00. The maximum absolute atomic E-state index is 13.5. The molecule has 2 amide bonds. The van der Waals surface area contributed by atoms with Crippen molar-refractivity contribution in [3.63, 3.8) is 0 Å². The molecular weight excluding hydrogens is 364 g/mol. The van der Waals surface area contributed by atoms with Gasteiger partial charge in [-0.25, -0.2) is 4.79 Å². The van der Waals surface area contributed by atoms with Crippen LogP contribution in [0.1, 0.15) is 42.9 Å². The molecule has 6 heteroatoms. The van der Waals surface area contributed by atoms with E-state index in [0.717, 1.165) is 49.5 Å². The molecule has 5 rings (SSSR count). The third kappa shape index (κ3) is 3.16. The fourth-order valence-corrected chi connectivity index (χ4v) is 4.77. The number of benzene rings is 2. The van der Waals surface area contributed by atoms with Crippen LogP contribution >= 0.6 is 0 Å². The van der Waals surface area contributed by atoms with Gasteiger partial charge < -0.3 is 9.64 Å². The van der Waals surface area contributed by atoms with E-state index >= 15 is 0 Å². The van der Waals surface area contributed by atoms with Gasteiger partial charge in [0.1, 0.15) is 5.75 Å². The first-order valence-electron chi connectivity index (χ1n) is 10.4. The minimum absolute atomic E-state index is 0.0139. The quantitative estimate of drug-likeness (QED) is 0.819. The van der Waals surface area contributed by atoms with Crippen LogP contribution in [0, 0.1) is 0 Å². The lowest BCUT2D eigenvalue weighted by Crippen LogP contribution is -2.38. The number of ether oxygens (including phenoxy) is 1. The zero-order valence-corrected chi connectivity index (χ0v) is 17.0. The van der Waals surface area contributed by atoms with Crippen molar-refractivity contribution in [3.8, 4) is 5.75 Å². The minimum Gasteiger partial charge on any atom is -0.497 e. The van der Waals surface area contributed by atoms with Gasteiger partial charge in [0.15, 0.2) is 0 Å². The first-order chi connectivity index (χ1) is 14.1. The molecule has 1 atom stereocenters. The number of hydrogen-bond acceptors (Lipinski definition) is 4. The first-order valence-corrected chi connectivity index (χ1v) is 10.4. The van der Waals surface area contributed by atoms with E-state index in [1.165, 1.54) is 5.56 Å². The van der Waals surface area contributed by atoms with Crippen LogP contribution < -0.4 is 20.5 Å². The van der Waals surface area contributed by atoms with Crippen LogP contribution in [-0.2, 0) is 0 Å². The van der Waals surface area contributed by atoms with Crippen molar-refractivity contribution < 1.29 is 9.53 Å². The van der Waals surface area contributed by atoms with Crippen molar-refractivity contribution in [3.05, 3.63) is 59.7 Å². The molecule has 2 aromatic rings. The van der Waals surface area contributed by atoms with Gasteiger partial charge in [0.25, 0.3) is 0 Å². The van der Waals surface area contributed by atoms with E-state index in [2.05, 4.69) is 53.0 Å². The van der Waals surface area contributed by atoms with Crippen molar-refractivity contribution in [2.24, 2.45) is 0 Å². The Hall–Kier alpha value is -2.57. The van der Waals surface area contributed by atoms with Crippen LogP contribution in [0.5, 0.6) is 5.75 Å². The van der Waals surface area contributed by atoms with Gasteiger partial charge in [-0.05, 0) is 55.2 Å². The lowest BCUT2D eigenvalue weighted by Gasteiger charge is -2.30. The summed E-state index contributed by atoms with van der Waals surface area (Å²) in [5.41, 5.74) is 9.74. The van der Waals surface area contributed by atoms with Crippen molar-refractivity contribution in [1.82, 2.24) is 15.8 Å². The molecule has 2 aromatic carbocycles. The van der Waals surface area contributed by atoms with E-state index in [4.69, 9.17) is 4.74 Å². The van der Waals surface area contributed by atoms with E-state index in [9.17, 15) is 4.79 Å². The van der Waals surface area contributed by atoms with E-state index in [-0.39, 0.29) is 17.6 Å². The predicted octanol–water partition coefficient (Wildman–Crippen LogP) is 3.42. The van der Waals surface area contributed by atoms with Crippen LogP contribution in [0.3, 0.4) is 0 Å². The number of hydrazine groups is 1. The molecule has 0 radical (unpaired) electrons. The van der Waals surface area contributed by atoms with Crippen molar-refractivity contribution in [2.45, 2.75) is 37.3 Å². The second-order valence-electron chi connectivity index (χ2n) is 8.47. The molecule has 6 nitrogen and oxygen atoms in total. The summed E-state index contributed by atoms with van der Waals surface area (Å²) in [5.74, 6) is 1.31. The highest BCUT2D eigenvalue weighted by molar-refractivity contribution is 5.96. The molecule has 2 aliphatic heterocycles. The second kappa shape index (κ2) is 7.04. The third-order valence-corrected chi connectivity index (χ3v) is 6.69. The normalized spacial score (nSPS) is 21.8. The standard InChI is InChI=1S/C23H28N4O2/c1-16(18-4-3-5-21(12-18)29-2)27-22(28)26(15-23(27)10-11-23)20-8-6-17(7-9-20)19-13-24-25-14-19/h3-9,12,16,19,24-25H,10-11,13-15H2,1-2H3/t16-/m0/s1. The van der Waals surface area contributed by atoms with Gasteiger partial charge in [0.05, 0.1) is 25.2 Å². The number of carbonyl (C=O) groups excluding carboxylic acids is 1. The third-order valence-electron chi connectivity index (χ3n) is 6.69.